The number of aliphatic carboxylic acids is 1. The number of carboxylic acids is 1. The summed E-state index contributed by atoms with van der Waals surface area (Å²) < 4.78 is 1.49. The van der Waals surface area contributed by atoms with Gasteiger partial charge in [-0.2, -0.15) is 0 Å². The molecule has 0 atom stereocenters. The Hall–Kier alpha value is -2.36. The van der Waals surface area contributed by atoms with E-state index >= 15 is 0 Å². The number of amides is 1. The topological polar surface area (TPSA) is 88.3 Å². The van der Waals surface area contributed by atoms with Crippen molar-refractivity contribution in [1.29, 1.82) is 0 Å². The Bertz CT molecular complexity index is 421. The highest BCUT2D eigenvalue weighted by atomic mass is 16.4. The molecule has 0 aliphatic carbocycles. The van der Waals surface area contributed by atoms with E-state index in [1.807, 2.05) is 0 Å². The number of rotatable bonds is 6. The number of hydrogen-bond acceptors (Lipinski definition) is 4. The summed E-state index contributed by atoms with van der Waals surface area (Å²) in [6.45, 7) is -0.0532. The zero-order valence-corrected chi connectivity index (χ0v) is 9.11. The van der Waals surface area contributed by atoms with Gasteiger partial charge in [-0.3, -0.25) is 14.3 Å². The van der Waals surface area contributed by atoms with Gasteiger partial charge < -0.3 is 10.0 Å². The molecule has 0 bridgehead atoms. The normalized spacial score (nSPS) is 9.59. The molecule has 0 radical (unpaired) electrons. The van der Waals surface area contributed by atoms with Crippen molar-refractivity contribution in [2.45, 2.75) is 13.0 Å². The molecule has 1 aromatic rings. The highest BCUT2D eigenvalue weighted by Gasteiger charge is 2.15. The second-order valence-corrected chi connectivity index (χ2v) is 3.26. The molecule has 0 aliphatic heterocycles. The lowest BCUT2D eigenvalue weighted by Gasteiger charge is -2.17. The Labute approximate surface area is 98.0 Å². The number of aryl methyl sites for hydroxylation is 1. The Morgan fingerprint density at radius 3 is 2.82 bits per heavy atom. The Balaban J connectivity index is 2.47. The highest BCUT2D eigenvalue weighted by Crippen LogP contribution is 1.96. The minimum atomic E-state index is -1.09. The van der Waals surface area contributed by atoms with Crippen LogP contribution in [0.15, 0.2) is 12.4 Å². The molecule has 7 nitrogen and oxygen atoms in total. The van der Waals surface area contributed by atoms with Crippen LogP contribution in [-0.2, 0) is 16.1 Å². The summed E-state index contributed by atoms with van der Waals surface area (Å²) >= 11 is 0. The Morgan fingerprint density at radius 1 is 1.53 bits per heavy atom. The van der Waals surface area contributed by atoms with Gasteiger partial charge in [0.15, 0.2) is 0 Å². The van der Waals surface area contributed by atoms with Crippen LogP contribution in [0.3, 0.4) is 0 Å². The van der Waals surface area contributed by atoms with Gasteiger partial charge in [0, 0.05) is 12.6 Å². The summed E-state index contributed by atoms with van der Waals surface area (Å²) in [4.78, 5) is 23.3. The fraction of sp³-hybridized carbons (Fsp3) is 0.400. The molecule has 90 valence electrons. The first-order valence-electron chi connectivity index (χ1n) is 4.90. The van der Waals surface area contributed by atoms with Gasteiger partial charge in [0.25, 0.3) is 0 Å². The summed E-state index contributed by atoms with van der Waals surface area (Å²) in [5.74, 6) is 0.847. The average Bonchev–Trinajstić information content (AvgIpc) is 2.77. The molecule has 0 saturated carbocycles. The lowest BCUT2D eigenvalue weighted by molar-refractivity contribution is -0.144. The largest absolute Gasteiger partial charge is 0.480 e. The number of carboxylic acid groups (broad SMARTS) is 1. The van der Waals surface area contributed by atoms with E-state index in [9.17, 15) is 9.59 Å². The number of aromatic nitrogens is 3. The maximum atomic E-state index is 11.7. The van der Waals surface area contributed by atoms with Crippen LogP contribution < -0.4 is 0 Å². The highest BCUT2D eigenvalue weighted by molar-refractivity contribution is 5.81. The molecule has 1 aromatic heterocycles. The smallest absolute Gasteiger partial charge is 0.323 e. The third-order valence-corrected chi connectivity index (χ3v) is 1.99. The van der Waals surface area contributed by atoms with Gasteiger partial charge in [0.2, 0.25) is 5.91 Å². The van der Waals surface area contributed by atoms with Crippen molar-refractivity contribution in [2.24, 2.45) is 0 Å². The third kappa shape index (κ3) is 4.34. The molecule has 17 heavy (non-hydrogen) atoms. The van der Waals surface area contributed by atoms with Gasteiger partial charge in [0.05, 0.1) is 19.3 Å². The minimum Gasteiger partial charge on any atom is -0.480 e. The molecule has 1 rings (SSSR count). The zero-order valence-electron chi connectivity index (χ0n) is 9.11. The Morgan fingerprint density at radius 2 is 2.29 bits per heavy atom. The average molecular weight is 236 g/mol. The molecule has 1 N–H and O–H groups in total. The monoisotopic (exact) mass is 236 g/mol. The van der Waals surface area contributed by atoms with Crippen molar-refractivity contribution in [3.8, 4) is 12.3 Å². The summed E-state index contributed by atoms with van der Waals surface area (Å²) in [6.07, 6.45) is 8.33. The third-order valence-electron chi connectivity index (χ3n) is 1.99. The number of hydrogen-bond donors (Lipinski definition) is 1. The summed E-state index contributed by atoms with van der Waals surface area (Å²) in [7, 11) is 0. The molecule has 0 aromatic carbocycles. The molecule has 0 saturated heterocycles. The van der Waals surface area contributed by atoms with Gasteiger partial charge in [0.1, 0.15) is 6.54 Å². The molecule has 1 amide bonds. The fourth-order valence-corrected chi connectivity index (χ4v) is 1.23. The van der Waals surface area contributed by atoms with E-state index in [4.69, 9.17) is 11.5 Å². The lowest BCUT2D eigenvalue weighted by Crippen LogP contribution is -2.36. The molecule has 1 heterocycles. The van der Waals surface area contributed by atoms with Crippen LogP contribution in [0.4, 0.5) is 0 Å². The van der Waals surface area contributed by atoms with Crippen LogP contribution in [0, 0.1) is 12.3 Å². The first-order chi connectivity index (χ1) is 8.13. The van der Waals surface area contributed by atoms with Crippen molar-refractivity contribution >= 4 is 11.9 Å². The molecule has 7 heteroatoms. The number of carbonyl (C=O) groups excluding carboxylic acids is 1. The first-order valence-corrected chi connectivity index (χ1v) is 4.90. The van der Waals surface area contributed by atoms with Crippen molar-refractivity contribution in [2.75, 3.05) is 13.1 Å². The van der Waals surface area contributed by atoms with E-state index in [-0.39, 0.29) is 25.4 Å². The van der Waals surface area contributed by atoms with Gasteiger partial charge in [-0.25, -0.2) is 0 Å². The van der Waals surface area contributed by atoms with Crippen LogP contribution in [0.25, 0.3) is 0 Å². The maximum Gasteiger partial charge on any atom is 0.323 e. The zero-order chi connectivity index (χ0) is 12.7. The quantitative estimate of drug-likeness (QED) is 0.654. The Kier molecular flexibility index (Phi) is 4.69. The second-order valence-electron chi connectivity index (χ2n) is 3.26. The van der Waals surface area contributed by atoms with Crippen LogP contribution in [-0.4, -0.2) is 50.0 Å². The van der Waals surface area contributed by atoms with E-state index in [2.05, 4.69) is 16.2 Å². The number of carbonyl (C=O) groups is 2. The van der Waals surface area contributed by atoms with Gasteiger partial charge >= 0.3 is 5.97 Å². The van der Waals surface area contributed by atoms with Gasteiger partial charge in [-0.1, -0.05) is 11.1 Å². The van der Waals surface area contributed by atoms with Crippen molar-refractivity contribution in [3.63, 3.8) is 0 Å². The molecular formula is C10H12N4O3. The molecule has 0 fully saturated rings. The van der Waals surface area contributed by atoms with Gasteiger partial charge in [-0.05, 0) is 0 Å². The van der Waals surface area contributed by atoms with E-state index in [1.54, 1.807) is 6.20 Å². The lowest BCUT2D eigenvalue weighted by atomic mass is 10.3. The van der Waals surface area contributed by atoms with E-state index in [0.29, 0.717) is 6.54 Å². The van der Waals surface area contributed by atoms with E-state index < -0.39 is 5.97 Å². The molecule has 0 aliphatic rings. The van der Waals surface area contributed by atoms with E-state index in [0.717, 1.165) is 4.90 Å². The van der Waals surface area contributed by atoms with Crippen LogP contribution in [0.5, 0.6) is 0 Å². The van der Waals surface area contributed by atoms with Crippen molar-refractivity contribution in [1.82, 2.24) is 19.9 Å². The fourth-order valence-electron chi connectivity index (χ4n) is 1.23. The van der Waals surface area contributed by atoms with Crippen molar-refractivity contribution < 1.29 is 14.7 Å². The summed E-state index contributed by atoms with van der Waals surface area (Å²) in [5.41, 5.74) is 0. The summed E-state index contributed by atoms with van der Waals surface area (Å²) in [5, 5.41) is 15.9. The predicted octanol–water partition coefficient (Wildman–Crippen LogP) is -0.785. The predicted molar refractivity (Wildman–Crippen MR) is 57.7 cm³/mol. The SMILES string of the molecule is C#CCN(CC(=O)O)C(=O)CCn1ccnn1. The second kappa shape index (κ2) is 6.27. The summed E-state index contributed by atoms with van der Waals surface area (Å²) in [6, 6.07) is 0. The maximum absolute atomic E-state index is 11.7. The number of terminal acetylenes is 1. The molecule has 0 spiro atoms. The minimum absolute atomic E-state index is 0.0114. The number of nitrogens with zero attached hydrogens (tertiary/aromatic N) is 4. The van der Waals surface area contributed by atoms with Crippen LogP contribution in [0.2, 0.25) is 0 Å². The molecule has 0 unspecified atom stereocenters. The standard InChI is InChI=1S/C10H12N4O3/c1-2-5-13(8-10(16)17)9(15)3-6-14-7-4-11-12-14/h1,4,7H,3,5-6,8H2,(H,16,17). The van der Waals surface area contributed by atoms with Crippen LogP contribution >= 0.6 is 0 Å². The van der Waals surface area contributed by atoms with Gasteiger partial charge in [-0.15, -0.1) is 11.5 Å². The van der Waals surface area contributed by atoms with Crippen molar-refractivity contribution in [3.05, 3.63) is 12.4 Å². The van der Waals surface area contributed by atoms with E-state index in [1.165, 1.54) is 10.9 Å². The van der Waals surface area contributed by atoms with Crippen LogP contribution in [0.1, 0.15) is 6.42 Å². The molecular weight excluding hydrogens is 224 g/mol. The first kappa shape index (κ1) is 12.7.